The Balaban J connectivity index is 1.87. The molecule has 0 aliphatic carbocycles. The molecule has 2 aromatic carbocycles. The maximum Gasteiger partial charge on any atom is 0.231 e. The summed E-state index contributed by atoms with van der Waals surface area (Å²) in [5.74, 6) is 0.926. The fraction of sp³-hybridized carbons (Fsp3) is 0.0625. The van der Waals surface area contributed by atoms with Crippen LogP contribution in [-0.4, -0.2) is 28.6 Å². The summed E-state index contributed by atoms with van der Waals surface area (Å²) in [7, 11) is 1.62. The van der Waals surface area contributed by atoms with Gasteiger partial charge in [0.2, 0.25) is 5.13 Å². The van der Waals surface area contributed by atoms with Gasteiger partial charge in [-0.2, -0.15) is 0 Å². The number of benzene rings is 2. The molecule has 1 aromatic heterocycles. The molecule has 0 amide bonds. The van der Waals surface area contributed by atoms with Gasteiger partial charge < -0.3 is 9.84 Å². The van der Waals surface area contributed by atoms with Crippen LogP contribution in [0.5, 0.6) is 11.5 Å². The highest BCUT2D eigenvalue weighted by molar-refractivity contribution is 7.18. The Kier molecular flexibility index (Phi) is 4.11. The van der Waals surface area contributed by atoms with E-state index in [1.54, 1.807) is 31.5 Å². The molecule has 0 aliphatic heterocycles. The third-order valence-corrected chi connectivity index (χ3v) is 3.87. The van der Waals surface area contributed by atoms with E-state index in [2.05, 4.69) is 15.2 Å². The fourth-order valence-corrected chi connectivity index (χ4v) is 2.64. The van der Waals surface area contributed by atoms with Crippen LogP contribution < -0.4 is 4.74 Å². The minimum atomic E-state index is 0.181. The molecule has 0 unspecified atom stereocenters. The topological polar surface area (TPSA) is 67.6 Å². The lowest BCUT2D eigenvalue weighted by Gasteiger charge is -2.03. The lowest BCUT2D eigenvalue weighted by molar-refractivity contribution is 0.416. The highest BCUT2D eigenvalue weighted by Gasteiger charge is 2.10. The van der Waals surface area contributed by atoms with E-state index in [-0.39, 0.29) is 5.75 Å². The van der Waals surface area contributed by atoms with E-state index < -0.39 is 0 Å². The third kappa shape index (κ3) is 2.96. The van der Waals surface area contributed by atoms with Gasteiger partial charge in [-0.1, -0.05) is 35.6 Å². The monoisotopic (exact) mass is 311 g/mol. The van der Waals surface area contributed by atoms with E-state index >= 15 is 0 Å². The molecule has 0 spiro atoms. The number of ether oxygens (including phenoxy) is 1. The van der Waals surface area contributed by atoms with E-state index in [0.29, 0.717) is 10.7 Å². The van der Waals surface area contributed by atoms with Crippen molar-refractivity contribution in [2.75, 3.05) is 7.11 Å². The molecule has 0 atom stereocenters. The van der Waals surface area contributed by atoms with E-state index in [1.807, 2.05) is 30.3 Å². The number of phenolic OH excluding ortho intramolecular Hbond substituents is 1. The van der Waals surface area contributed by atoms with Gasteiger partial charge in [-0.25, -0.2) is 4.99 Å². The predicted octanol–water partition coefficient (Wildman–Crippen LogP) is 3.67. The predicted molar refractivity (Wildman–Crippen MR) is 87.3 cm³/mol. The van der Waals surface area contributed by atoms with E-state index in [0.717, 1.165) is 16.3 Å². The Morgan fingerprint density at radius 1 is 1.09 bits per heavy atom. The number of methoxy groups -OCH3 is 1. The van der Waals surface area contributed by atoms with Gasteiger partial charge in [0.25, 0.3) is 0 Å². The van der Waals surface area contributed by atoms with Crippen LogP contribution in [-0.2, 0) is 0 Å². The fourth-order valence-electron chi connectivity index (χ4n) is 1.92. The van der Waals surface area contributed by atoms with Crippen LogP contribution in [0, 0.1) is 0 Å². The van der Waals surface area contributed by atoms with Crippen LogP contribution in [0.3, 0.4) is 0 Å². The van der Waals surface area contributed by atoms with Crippen molar-refractivity contribution in [2.45, 2.75) is 0 Å². The second-order valence-corrected chi connectivity index (χ2v) is 5.36. The Hall–Kier alpha value is -2.73. The van der Waals surface area contributed by atoms with Gasteiger partial charge in [0.05, 0.1) is 12.7 Å². The van der Waals surface area contributed by atoms with Gasteiger partial charge in [-0.05, 0) is 24.3 Å². The molecule has 3 aromatic rings. The van der Waals surface area contributed by atoms with E-state index in [4.69, 9.17) is 4.74 Å². The number of hydrogen-bond acceptors (Lipinski definition) is 6. The quantitative estimate of drug-likeness (QED) is 0.746. The van der Waals surface area contributed by atoms with Crippen molar-refractivity contribution in [2.24, 2.45) is 4.99 Å². The summed E-state index contributed by atoms with van der Waals surface area (Å²) >= 11 is 1.36. The second kappa shape index (κ2) is 6.36. The number of para-hydroxylation sites is 2. The molecule has 0 aliphatic rings. The number of nitrogens with zero attached hydrogens (tertiary/aromatic N) is 3. The van der Waals surface area contributed by atoms with Gasteiger partial charge >= 0.3 is 0 Å². The molecule has 0 radical (unpaired) electrons. The molecular formula is C16H13N3O2S. The van der Waals surface area contributed by atoms with Gasteiger partial charge in [0.15, 0.2) is 5.01 Å². The molecular weight excluding hydrogens is 298 g/mol. The molecule has 6 heteroatoms. The largest absolute Gasteiger partial charge is 0.507 e. The second-order valence-electron chi connectivity index (χ2n) is 4.41. The summed E-state index contributed by atoms with van der Waals surface area (Å²) in [4.78, 5) is 4.26. The molecule has 1 N–H and O–H groups in total. The van der Waals surface area contributed by atoms with Crippen LogP contribution in [0.4, 0.5) is 5.13 Å². The van der Waals surface area contributed by atoms with Crippen molar-refractivity contribution in [3.05, 3.63) is 54.1 Å². The average Bonchev–Trinajstić information content (AvgIpc) is 3.03. The van der Waals surface area contributed by atoms with Gasteiger partial charge in [0.1, 0.15) is 11.5 Å². The first-order chi connectivity index (χ1) is 10.8. The summed E-state index contributed by atoms with van der Waals surface area (Å²) in [5, 5.41) is 19.1. The smallest absolute Gasteiger partial charge is 0.231 e. The Morgan fingerprint density at radius 3 is 2.68 bits per heavy atom. The molecule has 1 heterocycles. The highest BCUT2D eigenvalue weighted by atomic mass is 32.1. The van der Waals surface area contributed by atoms with Crippen molar-refractivity contribution >= 4 is 22.7 Å². The number of rotatable bonds is 4. The van der Waals surface area contributed by atoms with E-state index in [1.165, 1.54) is 11.3 Å². The van der Waals surface area contributed by atoms with Crippen LogP contribution >= 0.6 is 11.3 Å². The molecule has 0 saturated heterocycles. The minimum Gasteiger partial charge on any atom is -0.507 e. The van der Waals surface area contributed by atoms with E-state index in [9.17, 15) is 5.11 Å². The summed E-state index contributed by atoms with van der Waals surface area (Å²) in [5.41, 5.74) is 1.52. The summed E-state index contributed by atoms with van der Waals surface area (Å²) in [6.45, 7) is 0. The zero-order chi connectivity index (χ0) is 15.4. The summed E-state index contributed by atoms with van der Waals surface area (Å²) in [6.07, 6.45) is 1.57. The Labute approximate surface area is 131 Å². The summed E-state index contributed by atoms with van der Waals surface area (Å²) in [6, 6.07) is 14.6. The third-order valence-electron chi connectivity index (χ3n) is 3.00. The van der Waals surface area contributed by atoms with Crippen molar-refractivity contribution in [3.63, 3.8) is 0 Å². The molecule has 0 fully saturated rings. The lowest BCUT2D eigenvalue weighted by atomic mass is 10.2. The van der Waals surface area contributed by atoms with Gasteiger partial charge in [-0.3, -0.25) is 0 Å². The van der Waals surface area contributed by atoms with Crippen LogP contribution in [0.2, 0.25) is 0 Å². The van der Waals surface area contributed by atoms with Crippen molar-refractivity contribution in [1.29, 1.82) is 0 Å². The van der Waals surface area contributed by atoms with Crippen LogP contribution in [0.15, 0.2) is 53.5 Å². The van der Waals surface area contributed by atoms with Crippen molar-refractivity contribution in [3.8, 4) is 22.1 Å². The number of aromatic nitrogens is 2. The first-order valence-electron chi connectivity index (χ1n) is 6.57. The lowest BCUT2D eigenvalue weighted by Crippen LogP contribution is -1.86. The molecule has 22 heavy (non-hydrogen) atoms. The molecule has 0 bridgehead atoms. The molecule has 3 rings (SSSR count). The Bertz CT molecular complexity index is 814. The summed E-state index contributed by atoms with van der Waals surface area (Å²) < 4.78 is 5.32. The van der Waals surface area contributed by atoms with Crippen LogP contribution in [0.1, 0.15) is 5.56 Å². The number of hydrogen-bond donors (Lipinski definition) is 1. The average molecular weight is 311 g/mol. The normalized spacial score (nSPS) is 11.0. The SMILES string of the molecule is COc1ccccc1-c1nnc(/N=C/c2ccccc2O)s1. The van der Waals surface area contributed by atoms with Crippen molar-refractivity contribution < 1.29 is 9.84 Å². The maximum atomic E-state index is 9.70. The minimum absolute atomic E-state index is 0.181. The zero-order valence-electron chi connectivity index (χ0n) is 11.8. The first-order valence-corrected chi connectivity index (χ1v) is 7.38. The van der Waals surface area contributed by atoms with Crippen LogP contribution in [0.25, 0.3) is 10.6 Å². The Morgan fingerprint density at radius 2 is 1.86 bits per heavy atom. The molecule has 0 saturated carbocycles. The number of aromatic hydroxyl groups is 1. The highest BCUT2D eigenvalue weighted by Crippen LogP contribution is 2.34. The van der Waals surface area contributed by atoms with Gasteiger partial charge in [-0.15, -0.1) is 10.2 Å². The standard InChI is InChI=1S/C16H13N3O2S/c1-21-14-9-5-3-7-12(14)15-18-19-16(22-15)17-10-11-6-2-4-8-13(11)20/h2-10,20H,1H3/b17-10+. The first kappa shape index (κ1) is 14.2. The van der Waals surface area contributed by atoms with Gasteiger partial charge in [0, 0.05) is 11.8 Å². The molecule has 110 valence electrons. The number of aliphatic imine (C=N–C) groups is 1. The molecule has 5 nitrogen and oxygen atoms in total. The maximum absolute atomic E-state index is 9.70. The zero-order valence-corrected chi connectivity index (χ0v) is 12.6. The van der Waals surface area contributed by atoms with Crippen molar-refractivity contribution in [1.82, 2.24) is 10.2 Å². The number of phenols is 1.